The standard InChI is InChI=1S/C26H28N4O/c1-15-8-11-25(18(4)12-15)30-26(31)24(20(6)28-30)14-23-19(5)27-29(21(23)7)22-10-9-16(2)17(3)13-22/h8-14H,1-7H3/b24-14+. The second kappa shape index (κ2) is 7.65. The average molecular weight is 413 g/mol. The largest absolute Gasteiger partial charge is 0.280 e. The number of aromatic nitrogens is 2. The molecule has 0 bridgehead atoms. The lowest BCUT2D eigenvalue weighted by atomic mass is 10.1. The van der Waals surface area contributed by atoms with Gasteiger partial charge in [-0.15, -0.1) is 0 Å². The summed E-state index contributed by atoms with van der Waals surface area (Å²) < 4.78 is 1.95. The summed E-state index contributed by atoms with van der Waals surface area (Å²) in [7, 11) is 0. The van der Waals surface area contributed by atoms with Gasteiger partial charge in [0.2, 0.25) is 0 Å². The zero-order valence-corrected chi connectivity index (χ0v) is 19.2. The molecule has 1 aromatic heterocycles. The molecule has 1 amide bonds. The molecular formula is C26H28N4O. The molecule has 0 spiro atoms. The van der Waals surface area contributed by atoms with Crippen LogP contribution in [0.1, 0.15) is 46.1 Å². The predicted molar refractivity (Wildman–Crippen MR) is 127 cm³/mol. The first-order valence-electron chi connectivity index (χ1n) is 10.5. The van der Waals surface area contributed by atoms with E-state index in [0.29, 0.717) is 11.3 Å². The van der Waals surface area contributed by atoms with Crippen molar-refractivity contribution < 1.29 is 4.79 Å². The van der Waals surface area contributed by atoms with Gasteiger partial charge in [-0.2, -0.15) is 15.2 Å². The van der Waals surface area contributed by atoms with Crippen LogP contribution in [-0.2, 0) is 4.79 Å². The van der Waals surface area contributed by atoms with E-state index in [0.717, 1.165) is 39.5 Å². The maximum atomic E-state index is 13.3. The number of hydrogen-bond acceptors (Lipinski definition) is 3. The Morgan fingerprint density at radius 1 is 0.839 bits per heavy atom. The molecule has 0 atom stereocenters. The average Bonchev–Trinajstić information content (AvgIpc) is 3.15. The highest BCUT2D eigenvalue weighted by Gasteiger charge is 2.30. The van der Waals surface area contributed by atoms with Crippen LogP contribution < -0.4 is 5.01 Å². The smallest absolute Gasteiger partial charge is 0.267 e. The van der Waals surface area contributed by atoms with Gasteiger partial charge in [0.05, 0.1) is 28.4 Å². The minimum absolute atomic E-state index is 0.109. The van der Waals surface area contributed by atoms with Gasteiger partial charge in [-0.3, -0.25) is 4.79 Å². The molecule has 0 radical (unpaired) electrons. The van der Waals surface area contributed by atoms with Gasteiger partial charge in [-0.25, -0.2) is 4.68 Å². The van der Waals surface area contributed by atoms with E-state index in [4.69, 9.17) is 5.10 Å². The molecule has 2 aromatic carbocycles. The highest BCUT2D eigenvalue weighted by atomic mass is 16.2. The summed E-state index contributed by atoms with van der Waals surface area (Å²) in [4.78, 5) is 13.3. The molecule has 158 valence electrons. The molecule has 0 N–H and O–H groups in total. The number of carbonyl (C=O) groups excluding carboxylic acids is 1. The topological polar surface area (TPSA) is 50.5 Å². The Labute approximate surface area is 183 Å². The first-order chi connectivity index (χ1) is 14.7. The number of hydrogen-bond donors (Lipinski definition) is 0. The van der Waals surface area contributed by atoms with E-state index in [1.165, 1.54) is 16.1 Å². The number of nitrogens with zero attached hydrogens (tertiary/aromatic N) is 4. The van der Waals surface area contributed by atoms with Crippen LogP contribution in [0.25, 0.3) is 11.8 Å². The van der Waals surface area contributed by atoms with E-state index in [1.54, 1.807) is 0 Å². The molecule has 2 heterocycles. The van der Waals surface area contributed by atoms with Gasteiger partial charge in [0.15, 0.2) is 0 Å². The van der Waals surface area contributed by atoms with E-state index in [9.17, 15) is 4.79 Å². The van der Waals surface area contributed by atoms with Crippen LogP contribution in [0.2, 0.25) is 0 Å². The molecule has 0 unspecified atom stereocenters. The van der Waals surface area contributed by atoms with E-state index in [-0.39, 0.29) is 5.91 Å². The predicted octanol–water partition coefficient (Wildman–Crippen LogP) is 5.53. The van der Waals surface area contributed by atoms with Gasteiger partial charge in [0, 0.05) is 11.3 Å². The highest BCUT2D eigenvalue weighted by Crippen LogP contribution is 2.30. The van der Waals surface area contributed by atoms with Crippen molar-refractivity contribution in [1.82, 2.24) is 9.78 Å². The lowest BCUT2D eigenvalue weighted by Gasteiger charge is -2.15. The molecule has 31 heavy (non-hydrogen) atoms. The van der Waals surface area contributed by atoms with Crippen LogP contribution in [-0.4, -0.2) is 21.4 Å². The maximum absolute atomic E-state index is 13.3. The third-order valence-corrected chi connectivity index (χ3v) is 6.01. The first kappa shape index (κ1) is 20.8. The number of hydrazone groups is 1. The fourth-order valence-corrected chi connectivity index (χ4v) is 4.01. The molecule has 0 fully saturated rings. The molecular weight excluding hydrogens is 384 g/mol. The summed E-state index contributed by atoms with van der Waals surface area (Å²) >= 11 is 0. The Balaban J connectivity index is 1.74. The van der Waals surface area contributed by atoms with Crippen LogP contribution in [0.5, 0.6) is 0 Å². The molecule has 1 aliphatic heterocycles. The number of rotatable bonds is 3. The van der Waals surface area contributed by atoms with Crippen molar-refractivity contribution in [2.45, 2.75) is 48.5 Å². The maximum Gasteiger partial charge on any atom is 0.280 e. The first-order valence-corrected chi connectivity index (χ1v) is 10.5. The number of amides is 1. The van der Waals surface area contributed by atoms with Crippen molar-refractivity contribution in [2.24, 2.45) is 5.10 Å². The molecule has 0 saturated carbocycles. The van der Waals surface area contributed by atoms with Crippen LogP contribution in [0.15, 0.2) is 47.1 Å². The summed E-state index contributed by atoms with van der Waals surface area (Å²) in [5.41, 5.74) is 10.7. The second-order valence-corrected chi connectivity index (χ2v) is 8.42. The Bertz CT molecular complexity index is 1280. The zero-order chi connectivity index (χ0) is 22.4. The summed E-state index contributed by atoms with van der Waals surface area (Å²) in [5, 5.41) is 10.8. The molecule has 4 rings (SSSR count). The lowest BCUT2D eigenvalue weighted by molar-refractivity contribution is -0.114. The number of aryl methyl sites for hydroxylation is 5. The van der Waals surface area contributed by atoms with E-state index < -0.39 is 0 Å². The number of carbonyl (C=O) groups is 1. The zero-order valence-electron chi connectivity index (χ0n) is 19.2. The van der Waals surface area contributed by atoms with Gasteiger partial charge >= 0.3 is 0 Å². The lowest BCUT2D eigenvalue weighted by Crippen LogP contribution is -2.22. The molecule has 1 aliphatic rings. The summed E-state index contributed by atoms with van der Waals surface area (Å²) in [5.74, 6) is -0.109. The van der Waals surface area contributed by atoms with Crippen molar-refractivity contribution in [2.75, 3.05) is 5.01 Å². The third-order valence-electron chi connectivity index (χ3n) is 6.01. The molecule has 3 aromatic rings. The van der Waals surface area contributed by atoms with Crippen molar-refractivity contribution >= 4 is 23.4 Å². The van der Waals surface area contributed by atoms with E-state index in [1.807, 2.05) is 57.5 Å². The second-order valence-electron chi connectivity index (χ2n) is 8.42. The van der Waals surface area contributed by atoms with Crippen molar-refractivity contribution in [3.63, 3.8) is 0 Å². The molecule has 0 aliphatic carbocycles. The van der Waals surface area contributed by atoms with Crippen molar-refractivity contribution in [3.8, 4) is 5.69 Å². The Morgan fingerprint density at radius 2 is 1.58 bits per heavy atom. The molecule has 0 saturated heterocycles. The van der Waals surface area contributed by atoms with Crippen LogP contribution in [0, 0.1) is 41.5 Å². The molecule has 5 heteroatoms. The van der Waals surface area contributed by atoms with Crippen LogP contribution >= 0.6 is 0 Å². The fourth-order valence-electron chi connectivity index (χ4n) is 4.01. The van der Waals surface area contributed by atoms with Gasteiger partial charge in [0.1, 0.15) is 0 Å². The van der Waals surface area contributed by atoms with Crippen molar-refractivity contribution in [1.29, 1.82) is 0 Å². The van der Waals surface area contributed by atoms with E-state index >= 15 is 0 Å². The monoisotopic (exact) mass is 412 g/mol. The third kappa shape index (κ3) is 3.61. The SMILES string of the molecule is CC1=NN(c2ccc(C)cc2C)C(=O)/C1=C/c1c(C)nn(-c2ccc(C)c(C)c2)c1C. The summed E-state index contributed by atoms with van der Waals surface area (Å²) in [6.07, 6.45) is 1.93. The van der Waals surface area contributed by atoms with Crippen molar-refractivity contribution in [3.05, 3.63) is 81.2 Å². The number of benzene rings is 2. The van der Waals surface area contributed by atoms with E-state index in [2.05, 4.69) is 43.2 Å². The summed E-state index contributed by atoms with van der Waals surface area (Å²) in [6.45, 7) is 14.1. The van der Waals surface area contributed by atoms with Gasteiger partial charge < -0.3 is 0 Å². The van der Waals surface area contributed by atoms with Crippen LogP contribution in [0.3, 0.4) is 0 Å². The van der Waals surface area contributed by atoms with Gasteiger partial charge in [-0.05, 0) is 89.4 Å². The normalized spacial score (nSPS) is 15.2. The fraction of sp³-hybridized carbons (Fsp3) is 0.269. The Morgan fingerprint density at radius 3 is 2.26 bits per heavy atom. The quantitative estimate of drug-likeness (QED) is 0.531. The Hall–Kier alpha value is -3.47. The minimum Gasteiger partial charge on any atom is -0.267 e. The van der Waals surface area contributed by atoms with Gasteiger partial charge in [-0.1, -0.05) is 23.8 Å². The Kier molecular flexibility index (Phi) is 5.13. The molecule has 5 nitrogen and oxygen atoms in total. The van der Waals surface area contributed by atoms with Crippen LogP contribution in [0.4, 0.5) is 5.69 Å². The highest BCUT2D eigenvalue weighted by molar-refractivity contribution is 6.32. The number of anilines is 1. The summed E-state index contributed by atoms with van der Waals surface area (Å²) in [6, 6.07) is 12.4. The minimum atomic E-state index is -0.109. The van der Waals surface area contributed by atoms with Gasteiger partial charge in [0.25, 0.3) is 5.91 Å².